The third-order valence-electron chi connectivity index (χ3n) is 4.25. The van der Waals surface area contributed by atoms with Gasteiger partial charge in [-0.25, -0.2) is 4.39 Å². The van der Waals surface area contributed by atoms with E-state index in [1.54, 1.807) is 6.07 Å². The fraction of sp³-hybridized carbons (Fsp3) is 0.130. The Bertz CT molecular complexity index is 840. The molecule has 0 N–H and O–H groups in total. The SMILES string of the molecule is C/C=C/c1ccc(-c2ccc(-c3ccc(CC)cc3)cc2F)cc1. The van der Waals surface area contributed by atoms with Crippen molar-refractivity contribution in [2.75, 3.05) is 0 Å². The molecule has 0 nitrogen and oxygen atoms in total. The van der Waals surface area contributed by atoms with Crippen LogP contribution in [0, 0.1) is 5.82 Å². The summed E-state index contributed by atoms with van der Waals surface area (Å²) in [4.78, 5) is 0. The Morgan fingerprint density at radius 3 is 2.00 bits per heavy atom. The quantitative estimate of drug-likeness (QED) is 0.499. The lowest BCUT2D eigenvalue weighted by molar-refractivity contribution is 0.632. The van der Waals surface area contributed by atoms with E-state index in [-0.39, 0.29) is 5.82 Å². The molecule has 0 amide bonds. The van der Waals surface area contributed by atoms with Crippen LogP contribution in [0.1, 0.15) is 25.0 Å². The highest BCUT2D eigenvalue weighted by atomic mass is 19.1. The molecule has 0 saturated heterocycles. The summed E-state index contributed by atoms with van der Waals surface area (Å²) in [6.07, 6.45) is 5.04. The molecule has 0 saturated carbocycles. The first-order valence-electron chi connectivity index (χ1n) is 8.33. The van der Waals surface area contributed by atoms with Crippen molar-refractivity contribution < 1.29 is 4.39 Å². The molecule has 0 aliphatic carbocycles. The second-order valence-electron chi connectivity index (χ2n) is 5.87. The molecule has 24 heavy (non-hydrogen) atoms. The zero-order valence-corrected chi connectivity index (χ0v) is 14.1. The molecule has 1 heteroatoms. The number of hydrogen-bond acceptors (Lipinski definition) is 0. The summed E-state index contributed by atoms with van der Waals surface area (Å²) in [5.41, 5.74) is 5.89. The van der Waals surface area contributed by atoms with Crippen LogP contribution in [-0.2, 0) is 6.42 Å². The molecule has 0 atom stereocenters. The summed E-state index contributed by atoms with van der Waals surface area (Å²) in [5.74, 6) is -0.189. The molecule has 3 aromatic rings. The summed E-state index contributed by atoms with van der Waals surface area (Å²) >= 11 is 0. The van der Waals surface area contributed by atoms with Crippen molar-refractivity contribution in [1.82, 2.24) is 0 Å². The van der Waals surface area contributed by atoms with Gasteiger partial charge in [0.2, 0.25) is 0 Å². The van der Waals surface area contributed by atoms with Gasteiger partial charge < -0.3 is 0 Å². The predicted octanol–water partition coefficient (Wildman–Crippen LogP) is 6.76. The molecule has 120 valence electrons. The average Bonchev–Trinajstić information content (AvgIpc) is 2.63. The van der Waals surface area contributed by atoms with Crippen LogP contribution in [0.5, 0.6) is 0 Å². The molecular weight excluding hydrogens is 295 g/mol. The third kappa shape index (κ3) is 3.46. The predicted molar refractivity (Wildman–Crippen MR) is 101 cm³/mol. The van der Waals surface area contributed by atoms with Gasteiger partial charge in [0.1, 0.15) is 5.82 Å². The van der Waals surface area contributed by atoms with E-state index in [9.17, 15) is 4.39 Å². The molecule has 0 bridgehead atoms. The lowest BCUT2D eigenvalue weighted by atomic mass is 9.98. The number of allylic oxidation sites excluding steroid dienone is 1. The van der Waals surface area contributed by atoms with Crippen LogP contribution in [-0.4, -0.2) is 0 Å². The summed E-state index contributed by atoms with van der Waals surface area (Å²) in [5, 5.41) is 0. The van der Waals surface area contributed by atoms with Crippen molar-refractivity contribution >= 4 is 6.08 Å². The van der Waals surface area contributed by atoms with Gasteiger partial charge >= 0.3 is 0 Å². The van der Waals surface area contributed by atoms with Gasteiger partial charge in [0.15, 0.2) is 0 Å². The molecule has 0 aromatic heterocycles. The van der Waals surface area contributed by atoms with Crippen molar-refractivity contribution in [3.63, 3.8) is 0 Å². The summed E-state index contributed by atoms with van der Waals surface area (Å²) in [7, 11) is 0. The average molecular weight is 316 g/mol. The van der Waals surface area contributed by atoms with Gasteiger partial charge in [0, 0.05) is 5.56 Å². The van der Waals surface area contributed by atoms with Crippen molar-refractivity contribution in [3.8, 4) is 22.3 Å². The van der Waals surface area contributed by atoms with Crippen molar-refractivity contribution in [1.29, 1.82) is 0 Å². The Balaban J connectivity index is 1.91. The second-order valence-corrected chi connectivity index (χ2v) is 5.87. The smallest absolute Gasteiger partial charge is 0.131 e. The highest BCUT2D eigenvalue weighted by Crippen LogP contribution is 2.28. The molecular formula is C23H21F. The largest absolute Gasteiger partial charge is 0.206 e. The number of aryl methyl sites for hydroxylation is 1. The van der Waals surface area contributed by atoms with Crippen molar-refractivity contribution in [2.24, 2.45) is 0 Å². The minimum atomic E-state index is -0.189. The fourth-order valence-corrected chi connectivity index (χ4v) is 2.83. The normalized spacial score (nSPS) is 11.1. The number of benzene rings is 3. The third-order valence-corrected chi connectivity index (χ3v) is 4.25. The first-order valence-corrected chi connectivity index (χ1v) is 8.33. The zero-order valence-electron chi connectivity index (χ0n) is 14.1. The molecule has 0 fully saturated rings. The van der Waals surface area contributed by atoms with Gasteiger partial charge in [-0.15, -0.1) is 0 Å². The topological polar surface area (TPSA) is 0 Å². The van der Waals surface area contributed by atoms with E-state index in [1.165, 1.54) is 5.56 Å². The Morgan fingerprint density at radius 2 is 1.42 bits per heavy atom. The van der Waals surface area contributed by atoms with Crippen molar-refractivity contribution in [2.45, 2.75) is 20.3 Å². The molecule has 3 rings (SSSR count). The van der Waals surface area contributed by atoms with Crippen LogP contribution in [0.15, 0.2) is 72.8 Å². The molecule has 0 unspecified atom stereocenters. The van der Waals surface area contributed by atoms with Crippen LogP contribution < -0.4 is 0 Å². The van der Waals surface area contributed by atoms with Crippen molar-refractivity contribution in [3.05, 3.63) is 89.8 Å². The van der Waals surface area contributed by atoms with Crippen LogP contribution in [0.25, 0.3) is 28.3 Å². The highest BCUT2D eigenvalue weighted by molar-refractivity contribution is 5.72. The lowest BCUT2D eigenvalue weighted by Gasteiger charge is -2.08. The monoisotopic (exact) mass is 316 g/mol. The molecule has 0 aliphatic rings. The molecule has 0 aliphatic heterocycles. The van der Waals surface area contributed by atoms with Crippen LogP contribution in [0.2, 0.25) is 0 Å². The maximum atomic E-state index is 14.6. The first-order chi connectivity index (χ1) is 11.7. The van der Waals surface area contributed by atoms with E-state index < -0.39 is 0 Å². The standard InChI is InChI=1S/C23H21F/c1-3-5-18-8-12-20(13-9-18)22-15-14-21(16-23(22)24)19-10-6-17(4-2)7-11-19/h3,5-16H,4H2,1-2H3/b5-3+. The van der Waals surface area contributed by atoms with E-state index in [1.807, 2.05) is 55.5 Å². The summed E-state index contributed by atoms with van der Waals surface area (Å²) in [6.45, 7) is 4.12. The van der Waals surface area contributed by atoms with Crippen LogP contribution >= 0.6 is 0 Å². The Morgan fingerprint density at radius 1 is 0.792 bits per heavy atom. The fourth-order valence-electron chi connectivity index (χ4n) is 2.83. The maximum Gasteiger partial charge on any atom is 0.131 e. The number of rotatable bonds is 4. The first kappa shape index (κ1) is 16.2. The molecule has 3 aromatic carbocycles. The van der Waals surface area contributed by atoms with Gasteiger partial charge in [-0.2, -0.15) is 0 Å². The minimum Gasteiger partial charge on any atom is -0.206 e. The van der Waals surface area contributed by atoms with Gasteiger partial charge in [0.05, 0.1) is 0 Å². The Kier molecular flexibility index (Phi) is 4.90. The number of halogens is 1. The lowest BCUT2D eigenvalue weighted by Crippen LogP contribution is -1.87. The minimum absolute atomic E-state index is 0.189. The van der Waals surface area contributed by atoms with E-state index in [0.717, 1.165) is 28.7 Å². The second kappa shape index (κ2) is 7.27. The van der Waals surface area contributed by atoms with Crippen LogP contribution in [0.3, 0.4) is 0 Å². The summed E-state index contributed by atoms with van der Waals surface area (Å²) < 4.78 is 14.6. The molecule has 0 heterocycles. The maximum absolute atomic E-state index is 14.6. The Hall–Kier alpha value is -2.67. The van der Waals surface area contributed by atoms with Crippen LogP contribution in [0.4, 0.5) is 4.39 Å². The zero-order chi connectivity index (χ0) is 16.9. The highest BCUT2D eigenvalue weighted by Gasteiger charge is 2.07. The van der Waals surface area contributed by atoms with E-state index in [2.05, 4.69) is 31.2 Å². The Labute approximate surface area is 143 Å². The van der Waals surface area contributed by atoms with Gasteiger partial charge in [-0.3, -0.25) is 0 Å². The molecule has 0 spiro atoms. The molecule has 0 radical (unpaired) electrons. The van der Waals surface area contributed by atoms with Gasteiger partial charge in [0.25, 0.3) is 0 Å². The van der Waals surface area contributed by atoms with E-state index in [0.29, 0.717) is 5.56 Å². The van der Waals surface area contributed by atoms with E-state index in [4.69, 9.17) is 0 Å². The summed E-state index contributed by atoms with van der Waals surface area (Å²) in [6, 6.07) is 21.7. The van der Waals surface area contributed by atoms with E-state index >= 15 is 0 Å². The van der Waals surface area contributed by atoms with Gasteiger partial charge in [-0.1, -0.05) is 79.7 Å². The van der Waals surface area contributed by atoms with Gasteiger partial charge in [-0.05, 0) is 47.2 Å². The number of hydrogen-bond donors (Lipinski definition) is 0.